The van der Waals surface area contributed by atoms with Crippen LogP contribution in [0.25, 0.3) is 0 Å². The summed E-state index contributed by atoms with van der Waals surface area (Å²) in [6, 6.07) is 9.12. The molecule has 0 radical (unpaired) electrons. The molecule has 2 N–H and O–H groups in total. The Hall–Kier alpha value is -1.24. The third-order valence-corrected chi connectivity index (χ3v) is 4.54. The van der Waals surface area contributed by atoms with Crippen molar-refractivity contribution < 1.29 is 18.3 Å². The second kappa shape index (κ2) is 8.23. The molecular formula is C17H23ClF2N2O2. The molecule has 0 saturated carbocycles. The predicted octanol–water partition coefficient (Wildman–Crippen LogP) is 2.69. The van der Waals surface area contributed by atoms with Crippen LogP contribution in [0.5, 0.6) is 0 Å². The first-order valence-electron chi connectivity index (χ1n) is 8.11. The summed E-state index contributed by atoms with van der Waals surface area (Å²) in [4.78, 5) is 12.1. The number of ether oxygens (including phenoxy) is 1. The molecule has 2 fully saturated rings. The number of carbonyl (C=O) groups excluding carboxylic acids is 1. The van der Waals surface area contributed by atoms with Gasteiger partial charge in [0.1, 0.15) is 0 Å². The lowest BCUT2D eigenvalue weighted by molar-refractivity contribution is -0.124. The summed E-state index contributed by atoms with van der Waals surface area (Å²) in [5.41, 5.74) is 1.09. The lowest BCUT2D eigenvalue weighted by atomic mass is 9.89. The average Bonchev–Trinajstić information content (AvgIpc) is 2.94. The van der Waals surface area contributed by atoms with Gasteiger partial charge in [-0.3, -0.25) is 10.1 Å². The summed E-state index contributed by atoms with van der Waals surface area (Å²) in [6.07, 6.45) is 1.42. The molecule has 2 aliphatic heterocycles. The molecule has 1 aromatic carbocycles. The second-order valence-electron chi connectivity index (χ2n) is 6.34. The molecule has 3 unspecified atom stereocenters. The van der Waals surface area contributed by atoms with E-state index in [9.17, 15) is 13.6 Å². The Morgan fingerprint density at radius 2 is 2.08 bits per heavy atom. The second-order valence-corrected chi connectivity index (χ2v) is 6.34. The molecule has 24 heavy (non-hydrogen) atoms. The molecule has 0 aromatic heterocycles. The molecule has 1 aromatic rings. The van der Waals surface area contributed by atoms with Gasteiger partial charge in [-0.2, -0.15) is 0 Å². The van der Waals surface area contributed by atoms with Crippen molar-refractivity contribution in [3.8, 4) is 0 Å². The van der Waals surface area contributed by atoms with Gasteiger partial charge in [0.05, 0.1) is 18.7 Å². The molecule has 0 bridgehead atoms. The number of nitrogens with one attached hydrogen (secondary N) is 2. The number of carbonyl (C=O) groups is 1. The molecular weight excluding hydrogens is 338 g/mol. The number of amides is 1. The van der Waals surface area contributed by atoms with Crippen LogP contribution >= 0.6 is 12.4 Å². The molecule has 0 aliphatic carbocycles. The molecule has 3 rings (SSSR count). The highest BCUT2D eigenvalue weighted by molar-refractivity contribution is 5.85. The van der Waals surface area contributed by atoms with Crippen LogP contribution in [0, 0.1) is 5.92 Å². The Bertz CT molecular complexity index is 545. The minimum Gasteiger partial charge on any atom is -0.373 e. The standard InChI is InChI=1S/C17H22F2N2O2.ClH/c18-17(19)9-14(21-11-17)16(22)20-10-13-7-4-8-23-15(13)12-5-2-1-3-6-12;/h1-3,5-6,13-15,21H,4,7-11H2,(H,20,22);1H. The van der Waals surface area contributed by atoms with Gasteiger partial charge in [-0.05, 0) is 18.4 Å². The highest BCUT2D eigenvalue weighted by Gasteiger charge is 2.42. The van der Waals surface area contributed by atoms with Gasteiger partial charge in [0.25, 0.3) is 5.92 Å². The van der Waals surface area contributed by atoms with Crippen molar-refractivity contribution in [3.63, 3.8) is 0 Å². The zero-order valence-electron chi connectivity index (χ0n) is 13.3. The number of rotatable bonds is 4. The minimum absolute atomic E-state index is 0. The van der Waals surface area contributed by atoms with Crippen molar-refractivity contribution in [2.45, 2.75) is 37.3 Å². The van der Waals surface area contributed by atoms with Crippen molar-refractivity contribution >= 4 is 18.3 Å². The fourth-order valence-electron chi connectivity index (χ4n) is 3.32. The Morgan fingerprint density at radius 3 is 2.75 bits per heavy atom. The van der Waals surface area contributed by atoms with E-state index in [2.05, 4.69) is 10.6 Å². The number of alkyl halides is 2. The minimum atomic E-state index is -2.79. The van der Waals surface area contributed by atoms with Crippen LogP contribution in [0.1, 0.15) is 30.9 Å². The fourth-order valence-corrected chi connectivity index (χ4v) is 3.32. The third-order valence-electron chi connectivity index (χ3n) is 4.54. The predicted molar refractivity (Wildman–Crippen MR) is 89.5 cm³/mol. The van der Waals surface area contributed by atoms with Crippen molar-refractivity contribution in [3.05, 3.63) is 35.9 Å². The molecule has 2 saturated heterocycles. The molecule has 7 heteroatoms. The first-order valence-corrected chi connectivity index (χ1v) is 8.11. The van der Waals surface area contributed by atoms with Gasteiger partial charge in [0.15, 0.2) is 0 Å². The first-order chi connectivity index (χ1) is 11.1. The van der Waals surface area contributed by atoms with Crippen molar-refractivity contribution in [2.75, 3.05) is 19.7 Å². The maximum atomic E-state index is 13.2. The summed E-state index contributed by atoms with van der Waals surface area (Å²) in [7, 11) is 0. The highest BCUT2D eigenvalue weighted by Crippen LogP contribution is 2.33. The smallest absolute Gasteiger partial charge is 0.262 e. The summed E-state index contributed by atoms with van der Waals surface area (Å²) in [5, 5.41) is 5.40. The molecule has 134 valence electrons. The van der Waals surface area contributed by atoms with Crippen LogP contribution in [0.4, 0.5) is 8.78 Å². The van der Waals surface area contributed by atoms with Crippen LogP contribution in [0.15, 0.2) is 30.3 Å². The Kier molecular flexibility index (Phi) is 6.54. The molecule has 2 aliphatic rings. The quantitative estimate of drug-likeness (QED) is 0.868. The van der Waals surface area contributed by atoms with Crippen molar-refractivity contribution in [2.24, 2.45) is 5.92 Å². The topological polar surface area (TPSA) is 50.4 Å². The Morgan fingerprint density at radius 1 is 1.33 bits per heavy atom. The largest absolute Gasteiger partial charge is 0.373 e. The first kappa shape index (κ1) is 19.1. The van der Waals surface area contributed by atoms with E-state index in [4.69, 9.17) is 4.74 Å². The number of benzene rings is 1. The van der Waals surface area contributed by atoms with Crippen LogP contribution in [-0.2, 0) is 9.53 Å². The van der Waals surface area contributed by atoms with E-state index in [0.29, 0.717) is 13.2 Å². The average molecular weight is 361 g/mol. The molecule has 1 amide bonds. The molecule has 0 spiro atoms. The summed E-state index contributed by atoms with van der Waals surface area (Å²) >= 11 is 0. The Balaban J connectivity index is 0.00000208. The third kappa shape index (κ3) is 4.65. The molecule has 2 heterocycles. The zero-order chi connectivity index (χ0) is 16.3. The van der Waals surface area contributed by atoms with E-state index in [0.717, 1.165) is 18.4 Å². The van der Waals surface area contributed by atoms with E-state index in [1.165, 1.54) is 0 Å². The fraction of sp³-hybridized carbons (Fsp3) is 0.588. The monoisotopic (exact) mass is 360 g/mol. The van der Waals surface area contributed by atoms with Gasteiger partial charge in [-0.1, -0.05) is 30.3 Å². The zero-order valence-corrected chi connectivity index (χ0v) is 14.2. The van der Waals surface area contributed by atoms with E-state index in [1.807, 2.05) is 30.3 Å². The summed E-state index contributed by atoms with van der Waals surface area (Å²) < 4.78 is 32.2. The van der Waals surface area contributed by atoms with Crippen molar-refractivity contribution in [1.29, 1.82) is 0 Å². The SMILES string of the molecule is Cl.O=C(NCC1CCCOC1c1ccccc1)C1CC(F)(F)CN1. The maximum Gasteiger partial charge on any atom is 0.262 e. The van der Waals surface area contributed by atoms with Gasteiger partial charge in [0.2, 0.25) is 5.91 Å². The van der Waals surface area contributed by atoms with Crippen LogP contribution in [0.3, 0.4) is 0 Å². The summed E-state index contributed by atoms with van der Waals surface area (Å²) in [6.45, 7) is 0.729. The number of hydrogen-bond acceptors (Lipinski definition) is 3. The van der Waals surface area contributed by atoms with Crippen molar-refractivity contribution in [1.82, 2.24) is 10.6 Å². The number of halogens is 3. The van der Waals surface area contributed by atoms with Crippen LogP contribution in [-0.4, -0.2) is 37.6 Å². The lowest BCUT2D eigenvalue weighted by Gasteiger charge is -2.32. The number of hydrogen-bond donors (Lipinski definition) is 2. The highest BCUT2D eigenvalue weighted by atomic mass is 35.5. The maximum absolute atomic E-state index is 13.2. The van der Waals surface area contributed by atoms with Gasteiger partial charge < -0.3 is 10.1 Å². The molecule has 3 atom stereocenters. The van der Waals surface area contributed by atoms with Gasteiger partial charge in [-0.15, -0.1) is 12.4 Å². The lowest BCUT2D eigenvalue weighted by Crippen LogP contribution is -2.43. The van der Waals surface area contributed by atoms with Crippen LogP contribution < -0.4 is 10.6 Å². The summed E-state index contributed by atoms with van der Waals surface area (Å²) in [5.74, 6) is -2.97. The van der Waals surface area contributed by atoms with E-state index in [-0.39, 0.29) is 30.3 Å². The van der Waals surface area contributed by atoms with Gasteiger partial charge >= 0.3 is 0 Å². The Labute approximate surface area is 146 Å². The van der Waals surface area contributed by atoms with E-state index >= 15 is 0 Å². The van der Waals surface area contributed by atoms with Crippen LogP contribution in [0.2, 0.25) is 0 Å². The normalized spacial score (nSPS) is 28.8. The van der Waals surface area contributed by atoms with E-state index in [1.54, 1.807) is 0 Å². The molecule has 4 nitrogen and oxygen atoms in total. The van der Waals surface area contributed by atoms with Gasteiger partial charge in [-0.25, -0.2) is 8.78 Å². The van der Waals surface area contributed by atoms with E-state index < -0.39 is 24.9 Å². The van der Waals surface area contributed by atoms with Gasteiger partial charge in [0, 0.05) is 25.5 Å².